The zero-order chi connectivity index (χ0) is 11.6. The number of anilines is 1. The zero-order valence-corrected chi connectivity index (χ0v) is 8.92. The van der Waals surface area contributed by atoms with Crippen molar-refractivity contribution in [3.8, 4) is 0 Å². The number of nitrogens with zero attached hydrogens (tertiary/aromatic N) is 3. The van der Waals surface area contributed by atoms with E-state index in [9.17, 15) is 8.42 Å². The minimum absolute atomic E-state index is 0.109. The number of nitrogens with one attached hydrogen (secondary N) is 1. The Hall–Kier alpha value is -2.09. The van der Waals surface area contributed by atoms with Gasteiger partial charge in [-0.25, -0.2) is 0 Å². The van der Waals surface area contributed by atoms with Gasteiger partial charge in [0.15, 0.2) is 0 Å². The van der Waals surface area contributed by atoms with Gasteiger partial charge in [0.2, 0.25) is 0 Å². The molecule has 0 saturated heterocycles. The van der Waals surface area contributed by atoms with Crippen LogP contribution in [0.5, 0.6) is 0 Å². The molecule has 3 N–H and O–H groups in total. The first-order valence-corrected chi connectivity index (χ1v) is 5.81. The number of nitrogen functional groups attached to an aromatic ring is 1. The van der Waals surface area contributed by atoms with Crippen molar-refractivity contribution in [2.24, 2.45) is 0 Å². The number of rotatable bonds is 3. The third-order valence-corrected chi connectivity index (χ3v) is 3.15. The number of nitrogens with two attached hydrogens (primary N) is 1. The predicted octanol–water partition coefficient (Wildman–Crippen LogP) is -0.207. The lowest BCUT2D eigenvalue weighted by molar-refractivity contribution is 0.590. The van der Waals surface area contributed by atoms with Gasteiger partial charge < -0.3 is 5.73 Å². The monoisotopic (exact) mass is 239 g/mol. The quantitative estimate of drug-likeness (QED) is 0.721. The van der Waals surface area contributed by atoms with E-state index < -0.39 is 10.0 Å². The maximum Gasteiger partial charge on any atom is 0.276 e. The molecule has 1 aromatic heterocycles. The predicted molar refractivity (Wildman–Crippen MR) is 57.4 cm³/mol. The topological polar surface area (TPSA) is 103 Å². The van der Waals surface area contributed by atoms with Gasteiger partial charge in [0.25, 0.3) is 10.0 Å². The Bertz CT molecular complexity index is 561. The first-order chi connectivity index (χ1) is 7.58. The van der Waals surface area contributed by atoms with Crippen molar-refractivity contribution in [2.45, 2.75) is 4.90 Å². The fourth-order valence-corrected chi connectivity index (χ4v) is 2.02. The maximum atomic E-state index is 11.8. The summed E-state index contributed by atoms with van der Waals surface area (Å²) in [5, 5.41) is 6.98. The van der Waals surface area contributed by atoms with E-state index in [2.05, 4.69) is 15.1 Å². The van der Waals surface area contributed by atoms with Gasteiger partial charge in [-0.1, -0.05) is 0 Å². The Morgan fingerprint density at radius 3 is 2.50 bits per heavy atom. The first kappa shape index (κ1) is 10.4. The number of benzene rings is 1. The van der Waals surface area contributed by atoms with Gasteiger partial charge in [0.1, 0.15) is 0 Å². The molecule has 0 unspecified atom stereocenters. The number of hydrogen-bond donors (Lipinski definition) is 2. The lowest BCUT2D eigenvalue weighted by atomic mass is 10.3. The Morgan fingerprint density at radius 2 is 1.94 bits per heavy atom. The van der Waals surface area contributed by atoms with Crippen molar-refractivity contribution in [2.75, 3.05) is 10.6 Å². The van der Waals surface area contributed by atoms with Crippen LogP contribution in [0.25, 0.3) is 0 Å². The van der Waals surface area contributed by atoms with Crippen LogP contribution in [0.4, 0.5) is 5.69 Å². The summed E-state index contributed by atoms with van der Waals surface area (Å²) >= 11 is 0. The minimum atomic E-state index is -3.65. The molecule has 0 spiro atoms. The van der Waals surface area contributed by atoms with Gasteiger partial charge in [-0.3, -0.25) is 0 Å². The molecule has 84 valence electrons. The molecule has 0 fully saturated rings. The summed E-state index contributed by atoms with van der Waals surface area (Å²) < 4.78 is 23.5. The molecule has 0 radical (unpaired) electrons. The van der Waals surface area contributed by atoms with Gasteiger partial charge in [-0.2, -0.15) is 18.0 Å². The van der Waals surface area contributed by atoms with E-state index in [1.165, 1.54) is 36.7 Å². The van der Waals surface area contributed by atoms with Crippen LogP contribution in [0, 0.1) is 0 Å². The Labute approximate surface area is 91.9 Å². The Morgan fingerprint density at radius 1 is 1.25 bits per heavy atom. The minimum Gasteiger partial charge on any atom is -0.399 e. The summed E-state index contributed by atoms with van der Waals surface area (Å²) in [6.45, 7) is 0. The highest BCUT2D eigenvalue weighted by Crippen LogP contribution is 2.11. The molecule has 0 bridgehead atoms. The van der Waals surface area contributed by atoms with Gasteiger partial charge in [0, 0.05) is 5.69 Å². The second kappa shape index (κ2) is 3.81. The van der Waals surface area contributed by atoms with Crippen LogP contribution in [0.1, 0.15) is 0 Å². The van der Waals surface area contributed by atoms with E-state index >= 15 is 0 Å². The second-order valence-electron chi connectivity index (χ2n) is 3.01. The van der Waals surface area contributed by atoms with Crippen LogP contribution < -0.4 is 10.6 Å². The molecule has 0 atom stereocenters. The lowest BCUT2D eigenvalue weighted by Crippen LogP contribution is -2.23. The largest absolute Gasteiger partial charge is 0.399 e. The van der Waals surface area contributed by atoms with Gasteiger partial charge in [-0.05, 0) is 29.5 Å². The van der Waals surface area contributed by atoms with Crippen LogP contribution >= 0.6 is 0 Å². The van der Waals surface area contributed by atoms with Crippen LogP contribution in [-0.2, 0) is 10.0 Å². The molecule has 0 saturated carbocycles. The molecule has 2 aromatic rings. The molecular formula is C8H9N5O2S. The molecule has 0 aliphatic heterocycles. The summed E-state index contributed by atoms with van der Waals surface area (Å²) in [5.41, 5.74) is 5.96. The summed E-state index contributed by atoms with van der Waals surface area (Å²) in [5.74, 6) is 0. The third kappa shape index (κ3) is 2.11. The van der Waals surface area contributed by atoms with Gasteiger partial charge >= 0.3 is 0 Å². The highest BCUT2D eigenvalue weighted by molar-refractivity contribution is 7.92. The lowest BCUT2D eigenvalue weighted by Gasteiger charge is -2.06. The average Bonchev–Trinajstić information content (AvgIpc) is 2.70. The fourth-order valence-electron chi connectivity index (χ4n) is 1.08. The van der Waals surface area contributed by atoms with Gasteiger partial charge in [0.05, 0.1) is 17.3 Å². The van der Waals surface area contributed by atoms with Crippen molar-refractivity contribution in [3.05, 3.63) is 36.7 Å². The summed E-state index contributed by atoms with van der Waals surface area (Å²) in [6.07, 6.45) is 2.75. The van der Waals surface area contributed by atoms with Crippen LogP contribution in [-0.4, -0.2) is 23.5 Å². The highest BCUT2D eigenvalue weighted by Gasteiger charge is 2.13. The van der Waals surface area contributed by atoms with E-state index in [4.69, 9.17) is 5.73 Å². The van der Waals surface area contributed by atoms with E-state index in [0.717, 1.165) is 4.79 Å². The number of hydrogen-bond acceptors (Lipinski definition) is 5. The summed E-state index contributed by atoms with van der Waals surface area (Å²) in [6, 6.07) is 5.84. The average molecular weight is 239 g/mol. The van der Waals surface area contributed by atoms with Crippen molar-refractivity contribution in [1.82, 2.24) is 15.1 Å². The van der Waals surface area contributed by atoms with Crippen molar-refractivity contribution in [3.63, 3.8) is 0 Å². The first-order valence-electron chi connectivity index (χ1n) is 4.32. The number of sulfonamides is 1. The van der Waals surface area contributed by atoms with Crippen molar-refractivity contribution < 1.29 is 8.42 Å². The smallest absolute Gasteiger partial charge is 0.276 e. The second-order valence-corrected chi connectivity index (χ2v) is 4.67. The van der Waals surface area contributed by atoms with Crippen LogP contribution in [0.2, 0.25) is 0 Å². The summed E-state index contributed by atoms with van der Waals surface area (Å²) in [4.78, 5) is 3.32. The molecule has 2 rings (SSSR count). The molecule has 7 nitrogen and oxygen atoms in total. The molecule has 16 heavy (non-hydrogen) atoms. The molecule has 1 heterocycles. The molecule has 0 aliphatic carbocycles. The normalized spacial score (nSPS) is 11.2. The highest BCUT2D eigenvalue weighted by atomic mass is 32.2. The van der Waals surface area contributed by atoms with E-state index in [1.807, 2.05) is 0 Å². The number of aromatic nitrogens is 3. The molecule has 1 aromatic carbocycles. The third-order valence-electron chi connectivity index (χ3n) is 1.83. The Kier molecular flexibility index (Phi) is 2.49. The zero-order valence-electron chi connectivity index (χ0n) is 8.11. The van der Waals surface area contributed by atoms with Crippen LogP contribution in [0.3, 0.4) is 0 Å². The molecule has 0 aliphatic rings. The van der Waals surface area contributed by atoms with Crippen molar-refractivity contribution in [1.29, 1.82) is 0 Å². The molecule has 8 heteroatoms. The standard InChI is InChI=1S/C8H9N5O2S/c9-7-1-3-8(4-2-7)16(14,15)12-13-6-5-10-11-13/h1-6,12H,9H2. The Balaban J connectivity index is 2.29. The molecular weight excluding hydrogens is 230 g/mol. The van der Waals surface area contributed by atoms with Gasteiger partial charge in [-0.15, -0.1) is 5.10 Å². The SMILES string of the molecule is Nc1ccc(S(=O)(=O)Nn2ccnn2)cc1. The maximum absolute atomic E-state index is 11.8. The van der Waals surface area contributed by atoms with E-state index in [1.54, 1.807) is 0 Å². The van der Waals surface area contributed by atoms with Crippen LogP contribution in [0.15, 0.2) is 41.6 Å². The fraction of sp³-hybridized carbons (Fsp3) is 0. The van der Waals surface area contributed by atoms with Crippen molar-refractivity contribution >= 4 is 15.7 Å². The molecule has 0 amide bonds. The van der Waals surface area contributed by atoms with E-state index in [0.29, 0.717) is 5.69 Å². The van der Waals surface area contributed by atoms with E-state index in [-0.39, 0.29) is 4.90 Å². The summed E-state index contributed by atoms with van der Waals surface area (Å²) in [7, 11) is -3.65.